The van der Waals surface area contributed by atoms with Gasteiger partial charge in [0.25, 0.3) is 5.91 Å². The summed E-state index contributed by atoms with van der Waals surface area (Å²) < 4.78 is 0. The van der Waals surface area contributed by atoms with Crippen molar-refractivity contribution in [2.75, 3.05) is 18.9 Å². The van der Waals surface area contributed by atoms with Crippen molar-refractivity contribution in [1.82, 2.24) is 9.88 Å². The first-order chi connectivity index (χ1) is 8.13. The van der Waals surface area contributed by atoms with Crippen LogP contribution in [0.15, 0.2) is 12.3 Å². The quantitative estimate of drug-likeness (QED) is 0.770. The largest absolute Gasteiger partial charge is 0.397 e. The third-order valence-corrected chi connectivity index (χ3v) is 3.19. The number of anilines is 1. The lowest BCUT2D eigenvalue weighted by Crippen LogP contribution is -2.38. The first-order valence-corrected chi connectivity index (χ1v) is 5.84. The molecule has 2 rings (SSSR count). The second kappa shape index (κ2) is 4.89. The topological polar surface area (TPSA) is 79.5 Å². The number of rotatable bonds is 2. The van der Waals surface area contributed by atoms with Crippen molar-refractivity contribution < 1.29 is 9.90 Å². The van der Waals surface area contributed by atoms with Gasteiger partial charge in [0.2, 0.25) is 0 Å². The van der Waals surface area contributed by atoms with Crippen LogP contribution in [0.25, 0.3) is 0 Å². The summed E-state index contributed by atoms with van der Waals surface area (Å²) in [5.41, 5.74) is 6.37. The molecule has 0 bridgehead atoms. The van der Waals surface area contributed by atoms with E-state index in [9.17, 15) is 9.90 Å². The Labute approximate surface area is 104 Å². The van der Waals surface area contributed by atoms with Crippen LogP contribution in [0.3, 0.4) is 0 Å². The highest BCUT2D eigenvalue weighted by molar-refractivity contribution is 6.29. The third-order valence-electron chi connectivity index (χ3n) is 2.98. The Morgan fingerprint density at radius 1 is 1.71 bits per heavy atom. The minimum atomic E-state index is -0.191. The fourth-order valence-corrected chi connectivity index (χ4v) is 2.23. The number of nitrogens with zero attached hydrogens (tertiary/aromatic N) is 2. The summed E-state index contributed by atoms with van der Waals surface area (Å²) in [5, 5.41) is 9.43. The summed E-state index contributed by atoms with van der Waals surface area (Å²) >= 11 is 5.75. The molecule has 17 heavy (non-hydrogen) atoms. The first-order valence-electron chi connectivity index (χ1n) is 5.46. The highest BCUT2D eigenvalue weighted by Crippen LogP contribution is 2.23. The zero-order chi connectivity index (χ0) is 12.4. The average molecular weight is 256 g/mol. The molecule has 1 saturated heterocycles. The van der Waals surface area contributed by atoms with Gasteiger partial charge in [-0.1, -0.05) is 11.6 Å². The smallest absolute Gasteiger partial charge is 0.256 e. The lowest BCUT2D eigenvalue weighted by molar-refractivity contribution is 0.0678. The number of aromatic nitrogens is 1. The molecule has 1 fully saturated rings. The molecule has 1 aromatic rings. The fourth-order valence-electron chi connectivity index (χ4n) is 2.07. The van der Waals surface area contributed by atoms with E-state index in [1.54, 1.807) is 4.90 Å². The van der Waals surface area contributed by atoms with Crippen molar-refractivity contribution in [3.05, 3.63) is 23.0 Å². The second-order valence-electron chi connectivity index (χ2n) is 4.07. The van der Waals surface area contributed by atoms with Crippen LogP contribution in [0.5, 0.6) is 0 Å². The molecule has 0 radical (unpaired) electrons. The van der Waals surface area contributed by atoms with Gasteiger partial charge in [0.1, 0.15) is 5.15 Å². The Morgan fingerprint density at radius 2 is 2.47 bits per heavy atom. The summed E-state index contributed by atoms with van der Waals surface area (Å²) in [6.07, 6.45) is 3.09. The monoisotopic (exact) mass is 255 g/mol. The van der Waals surface area contributed by atoms with E-state index in [1.807, 2.05) is 0 Å². The highest BCUT2D eigenvalue weighted by Gasteiger charge is 2.29. The minimum Gasteiger partial charge on any atom is -0.397 e. The predicted octanol–water partition coefficient (Wildman–Crippen LogP) is 0.914. The van der Waals surface area contributed by atoms with Crippen LogP contribution >= 0.6 is 11.6 Å². The number of carbonyl (C=O) groups excluding carboxylic acids is 1. The molecular formula is C11H14ClN3O2. The molecule has 0 saturated carbocycles. The van der Waals surface area contributed by atoms with Crippen LogP contribution in [-0.2, 0) is 0 Å². The Morgan fingerprint density at radius 3 is 3.18 bits per heavy atom. The van der Waals surface area contributed by atoms with Crippen molar-refractivity contribution in [2.45, 2.75) is 18.9 Å². The summed E-state index contributed by atoms with van der Waals surface area (Å²) in [5.74, 6) is -0.191. The fraction of sp³-hybridized carbons (Fsp3) is 0.455. The van der Waals surface area contributed by atoms with Crippen molar-refractivity contribution >= 4 is 23.2 Å². The van der Waals surface area contributed by atoms with Gasteiger partial charge in [-0.15, -0.1) is 0 Å². The molecule has 0 aliphatic carbocycles. The van der Waals surface area contributed by atoms with E-state index in [0.717, 1.165) is 12.8 Å². The zero-order valence-corrected chi connectivity index (χ0v) is 10.0. The highest BCUT2D eigenvalue weighted by atomic mass is 35.5. The Kier molecular flexibility index (Phi) is 3.49. The summed E-state index contributed by atoms with van der Waals surface area (Å²) in [6, 6.07) is 1.35. The van der Waals surface area contributed by atoms with Gasteiger partial charge in [-0.25, -0.2) is 4.98 Å². The number of hydrogen-bond donors (Lipinski definition) is 2. The molecular weight excluding hydrogens is 242 g/mol. The number of nitrogen functional groups attached to an aromatic ring is 1. The molecule has 0 spiro atoms. The van der Waals surface area contributed by atoms with Gasteiger partial charge in [-0.3, -0.25) is 4.79 Å². The summed E-state index contributed by atoms with van der Waals surface area (Å²) in [4.78, 5) is 17.7. The molecule has 92 valence electrons. The molecule has 1 amide bonds. The van der Waals surface area contributed by atoms with Crippen LogP contribution in [0, 0.1) is 0 Å². The molecule has 1 unspecified atom stereocenters. The van der Waals surface area contributed by atoms with Gasteiger partial charge >= 0.3 is 0 Å². The number of halogens is 1. The molecule has 5 nitrogen and oxygen atoms in total. The average Bonchev–Trinajstić information content (AvgIpc) is 2.79. The van der Waals surface area contributed by atoms with E-state index in [0.29, 0.717) is 17.8 Å². The molecule has 0 aromatic carbocycles. The van der Waals surface area contributed by atoms with E-state index < -0.39 is 0 Å². The molecule has 1 aliphatic heterocycles. The third kappa shape index (κ3) is 2.35. The first kappa shape index (κ1) is 12.1. The normalized spacial score (nSPS) is 19.6. The number of carbonyl (C=O) groups is 1. The van der Waals surface area contributed by atoms with Crippen LogP contribution in [0.2, 0.25) is 5.15 Å². The maximum atomic E-state index is 12.2. The van der Waals surface area contributed by atoms with Crippen LogP contribution in [0.4, 0.5) is 5.69 Å². The van der Waals surface area contributed by atoms with Crippen LogP contribution in [-0.4, -0.2) is 40.1 Å². The molecule has 1 atom stereocenters. The maximum Gasteiger partial charge on any atom is 0.256 e. The predicted molar refractivity (Wildman–Crippen MR) is 64.8 cm³/mol. The van der Waals surface area contributed by atoms with Crippen molar-refractivity contribution in [3.8, 4) is 0 Å². The van der Waals surface area contributed by atoms with Crippen molar-refractivity contribution in [3.63, 3.8) is 0 Å². The lowest BCUT2D eigenvalue weighted by Gasteiger charge is -2.23. The van der Waals surface area contributed by atoms with Crippen molar-refractivity contribution in [1.29, 1.82) is 0 Å². The van der Waals surface area contributed by atoms with Gasteiger partial charge in [-0.05, 0) is 18.9 Å². The van der Waals surface area contributed by atoms with E-state index in [1.165, 1.54) is 12.3 Å². The Balaban J connectivity index is 2.27. The molecule has 6 heteroatoms. The second-order valence-corrected chi connectivity index (χ2v) is 4.46. The van der Waals surface area contributed by atoms with Gasteiger partial charge in [0, 0.05) is 6.54 Å². The number of aliphatic hydroxyl groups is 1. The molecule has 1 aliphatic rings. The number of hydrogen-bond acceptors (Lipinski definition) is 4. The molecule has 2 heterocycles. The number of likely N-dealkylation sites (tertiary alicyclic amines) is 1. The summed E-state index contributed by atoms with van der Waals surface area (Å²) in [6.45, 7) is 0.619. The number of pyridine rings is 1. The maximum absolute atomic E-state index is 12.2. The Hall–Kier alpha value is -1.33. The van der Waals surface area contributed by atoms with Crippen molar-refractivity contribution in [2.24, 2.45) is 0 Å². The number of amides is 1. The summed E-state index contributed by atoms with van der Waals surface area (Å²) in [7, 11) is 0. The molecule has 3 N–H and O–H groups in total. The van der Waals surface area contributed by atoms with Gasteiger partial charge in [0.05, 0.1) is 30.1 Å². The van der Waals surface area contributed by atoms with Gasteiger partial charge in [-0.2, -0.15) is 0 Å². The SMILES string of the molecule is Nc1cnc(Cl)cc1C(=O)N1CCCC1CO. The standard InChI is InChI=1S/C11H14ClN3O2/c12-10-4-8(9(13)5-14-10)11(17)15-3-1-2-7(15)6-16/h4-5,7,16H,1-3,6,13H2. The minimum absolute atomic E-state index is 0.0234. The van der Waals surface area contributed by atoms with E-state index in [-0.39, 0.29) is 23.7 Å². The Bertz CT molecular complexity index is 439. The number of nitrogens with two attached hydrogens (primary N) is 1. The zero-order valence-electron chi connectivity index (χ0n) is 9.27. The van der Waals surface area contributed by atoms with Crippen LogP contribution in [0.1, 0.15) is 23.2 Å². The number of aliphatic hydroxyl groups excluding tert-OH is 1. The van der Waals surface area contributed by atoms with Gasteiger partial charge < -0.3 is 15.7 Å². The van der Waals surface area contributed by atoms with E-state index >= 15 is 0 Å². The van der Waals surface area contributed by atoms with Gasteiger partial charge in [0.15, 0.2) is 0 Å². The molecule has 1 aromatic heterocycles. The lowest BCUT2D eigenvalue weighted by atomic mass is 10.2. The van der Waals surface area contributed by atoms with E-state index in [2.05, 4.69) is 4.98 Å². The van der Waals surface area contributed by atoms with E-state index in [4.69, 9.17) is 17.3 Å². The van der Waals surface area contributed by atoms with Crippen LogP contribution < -0.4 is 5.73 Å².